The summed E-state index contributed by atoms with van der Waals surface area (Å²) >= 11 is 0. The first-order valence-electron chi connectivity index (χ1n) is 13.6. The van der Waals surface area contributed by atoms with Gasteiger partial charge in [0, 0.05) is 62.9 Å². The van der Waals surface area contributed by atoms with E-state index in [4.69, 9.17) is 4.84 Å². The van der Waals surface area contributed by atoms with Crippen molar-refractivity contribution in [2.45, 2.75) is 45.2 Å². The molecule has 4 rings (SSSR count). The fourth-order valence-corrected chi connectivity index (χ4v) is 4.78. The number of pyridine rings is 1. The highest BCUT2D eigenvalue weighted by molar-refractivity contribution is 5.82. The van der Waals surface area contributed by atoms with Gasteiger partial charge in [-0.05, 0) is 43.1 Å². The number of piperazine rings is 1. The SMILES string of the molecule is CCCN1CCN(CCCO/N=C\c2ccn3c(-c4cccc(CC(=O)CCC(F)(F)F)c4)cnc3c2)CC1. The maximum Gasteiger partial charge on any atom is 0.389 e. The molecule has 39 heavy (non-hydrogen) atoms. The molecule has 210 valence electrons. The van der Waals surface area contributed by atoms with Crippen molar-refractivity contribution in [2.75, 3.05) is 45.9 Å². The van der Waals surface area contributed by atoms with Gasteiger partial charge in [0.1, 0.15) is 18.0 Å². The van der Waals surface area contributed by atoms with Gasteiger partial charge in [0.25, 0.3) is 0 Å². The molecule has 3 aromatic rings. The molecule has 0 bridgehead atoms. The summed E-state index contributed by atoms with van der Waals surface area (Å²) in [5.74, 6) is -0.431. The summed E-state index contributed by atoms with van der Waals surface area (Å²) in [6.07, 6.45) is 1.48. The molecule has 0 aliphatic carbocycles. The van der Waals surface area contributed by atoms with Crippen molar-refractivity contribution in [3.63, 3.8) is 0 Å². The second-order valence-electron chi connectivity index (χ2n) is 9.97. The summed E-state index contributed by atoms with van der Waals surface area (Å²) < 4.78 is 39.2. The highest BCUT2D eigenvalue weighted by Crippen LogP contribution is 2.24. The molecule has 10 heteroatoms. The number of aromatic nitrogens is 2. The van der Waals surface area contributed by atoms with Crippen LogP contribution in [0.5, 0.6) is 0 Å². The summed E-state index contributed by atoms with van der Waals surface area (Å²) in [4.78, 5) is 27.0. The number of oxime groups is 1. The van der Waals surface area contributed by atoms with Crippen molar-refractivity contribution < 1.29 is 22.8 Å². The molecule has 1 fully saturated rings. The van der Waals surface area contributed by atoms with Crippen LogP contribution in [0, 0.1) is 0 Å². The first-order chi connectivity index (χ1) is 18.8. The molecule has 3 heterocycles. The lowest BCUT2D eigenvalue weighted by atomic mass is 10.0. The van der Waals surface area contributed by atoms with Crippen LogP contribution in [0.2, 0.25) is 0 Å². The van der Waals surface area contributed by atoms with Crippen molar-refractivity contribution in [1.82, 2.24) is 19.2 Å². The first kappa shape index (κ1) is 28.8. The second-order valence-corrected chi connectivity index (χ2v) is 9.97. The Hall–Kier alpha value is -3.24. The molecule has 0 unspecified atom stereocenters. The van der Waals surface area contributed by atoms with Gasteiger partial charge in [-0.3, -0.25) is 9.20 Å². The van der Waals surface area contributed by atoms with Gasteiger partial charge in [0.05, 0.1) is 24.5 Å². The van der Waals surface area contributed by atoms with E-state index in [-0.39, 0.29) is 6.42 Å². The minimum atomic E-state index is -4.33. The zero-order valence-corrected chi connectivity index (χ0v) is 22.4. The number of Topliss-reactive ketones (excluding diaryl/α,β-unsaturated/α-hetero) is 1. The lowest BCUT2D eigenvalue weighted by molar-refractivity contribution is -0.143. The Labute approximate surface area is 227 Å². The smallest absolute Gasteiger partial charge is 0.389 e. The Kier molecular flexibility index (Phi) is 10.1. The van der Waals surface area contributed by atoms with Gasteiger partial charge >= 0.3 is 6.18 Å². The molecule has 7 nitrogen and oxygen atoms in total. The van der Waals surface area contributed by atoms with Crippen LogP contribution in [0.25, 0.3) is 16.9 Å². The summed E-state index contributed by atoms with van der Waals surface area (Å²) in [6, 6.07) is 11.1. The van der Waals surface area contributed by atoms with E-state index >= 15 is 0 Å². The van der Waals surface area contributed by atoms with Gasteiger partial charge in [0.2, 0.25) is 0 Å². The molecule has 1 saturated heterocycles. The monoisotopic (exact) mass is 543 g/mol. The summed E-state index contributed by atoms with van der Waals surface area (Å²) in [6.45, 7) is 9.49. The van der Waals surface area contributed by atoms with Crippen molar-refractivity contribution in [3.8, 4) is 11.3 Å². The van der Waals surface area contributed by atoms with Crippen molar-refractivity contribution in [3.05, 3.63) is 59.9 Å². The van der Waals surface area contributed by atoms with Crippen LogP contribution in [-0.2, 0) is 16.1 Å². The Morgan fingerprint density at radius 3 is 2.62 bits per heavy atom. The van der Waals surface area contributed by atoms with E-state index < -0.39 is 24.8 Å². The van der Waals surface area contributed by atoms with Gasteiger partial charge in [-0.15, -0.1) is 0 Å². The number of alkyl halides is 3. The van der Waals surface area contributed by atoms with Crippen LogP contribution in [0.3, 0.4) is 0 Å². The van der Waals surface area contributed by atoms with E-state index in [2.05, 4.69) is 26.9 Å². The maximum absolute atomic E-state index is 12.4. The average molecular weight is 544 g/mol. The van der Waals surface area contributed by atoms with E-state index in [0.29, 0.717) is 12.2 Å². The maximum atomic E-state index is 12.4. The van der Waals surface area contributed by atoms with Crippen molar-refractivity contribution in [1.29, 1.82) is 0 Å². The van der Waals surface area contributed by atoms with Crippen LogP contribution < -0.4 is 0 Å². The minimum absolute atomic E-state index is 0.0309. The Balaban J connectivity index is 1.26. The first-order valence-corrected chi connectivity index (χ1v) is 13.6. The number of imidazole rings is 1. The molecule has 0 radical (unpaired) electrons. The molecular formula is C29H36F3N5O2. The average Bonchev–Trinajstić information content (AvgIpc) is 3.34. The molecule has 1 aliphatic heterocycles. The summed E-state index contributed by atoms with van der Waals surface area (Å²) in [7, 11) is 0. The number of hydrogen-bond acceptors (Lipinski definition) is 6. The van der Waals surface area contributed by atoms with Gasteiger partial charge in [-0.25, -0.2) is 4.98 Å². The van der Waals surface area contributed by atoms with Gasteiger partial charge in [-0.1, -0.05) is 30.3 Å². The van der Waals surface area contributed by atoms with Crippen molar-refractivity contribution >= 4 is 17.6 Å². The third-order valence-electron chi connectivity index (χ3n) is 6.84. The van der Waals surface area contributed by atoms with Crippen LogP contribution >= 0.6 is 0 Å². The number of halogens is 3. The largest absolute Gasteiger partial charge is 0.396 e. The van der Waals surface area contributed by atoms with E-state index in [1.807, 2.05) is 34.9 Å². The Morgan fingerprint density at radius 1 is 1.10 bits per heavy atom. The van der Waals surface area contributed by atoms with E-state index in [1.54, 1.807) is 24.5 Å². The lowest BCUT2D eigenvalue weighted by Crippen LogP contribution is -2.46. The van der Waals surface area contributed by atoms with E-state index in [1.165, 1.54) is 13.0 Å². The topological polar surface area (TPSA) is 62.4 Å². The van der Waals surface area contributed by atoms with Crippen molar-refractivity contribution in [2.24, 2.45) is 5.16 Å². The number of nitrogens with zero attached hydrogens (tertiary/aromatic N) is 5. The molecule has 2 aromatic heterocycles. The number of carbonyl (C=O) groups excluding carboxylic acids is 1. The minimum Gasteiger partial charge on any atom is -0.396 e. The van der Waals surface area contributed by atoms with Gasteiger partial charge < -0.3 is 14.6 Å². The van der Waals surface area contributed by atoms with E-state index in [9.17, 15) is 18.0 Å². The molecule has 0 spiro atoms. The Bertz CT molecular complexity index is 1250. The van der Waals surface area contributed by atoms with Crippen LogP contribution in [0.15, 0.2) is 53.9 Å². The highest BCUT2D eigenvalue weighted by Gasteiger charge is 2.27. The highest BCUT2D eigenvalue weighted by atomic mass is 19.4. The summed E-state index contributed by atoms with van der Waals surface area (Å²) in [5.41, 5.74) is 3.91. The predicted molar refractivity (Wildman–Crippen MR) is 146 cm³/mol. The zero-order chi connectivity index (χ0) is 27.7. The third-order valence-corrected chi connectivity index (χ3v) is 6.84. The number of benzene rings is 1. The van der Waals surface area contributed by atoms with Gasteiger partial charge in [-0.2, -0.15) is 13.2 Å². The zero-order valence-electron chi connectivity index (χ0n) is 22.4. The lowest BCUT2D eigenvalue weighted by Gasteiger charge is -2.34. The second kappa shape index (κ2) is 13.7. The molecule has 1 aromatic carbocycles. The molecular weight excluding hydrogens is 507 g/mol. The number of fused-ring (bicyclic) bond motifs is 1. The normalized spacial score (nSPS) is 15.4. The number of rotatable bonds is 13. The van der Waals surface area contributed by atoms with E-state index in [0.717, 1.165) is 61.6 Å². The standard InChI is InChI=1S/C29H36F3N5O2/c1-2-10-35-13-15-36(16-14-35)11-4-17-39-34-21-24-8-12-37-27(22-33-28(37)20-24)25-6-3-5-23(18-25)19-26(38)7-9-29(30,31)32/h3,5-6,8,12,18,20-22H,2,4,7,9-11,13-17,19H2,1H3/b34-21-. The molecule has 0 atom stereocenters. The molecule has 1 aliphatic rings. The third kappa shape index (κ3) is 8.90. The fourth-order valence-electron chi connectivity index (χ4n) is 4.78. The van der Waals surface area contributed by atoms with Crippen LogP contribution in [0.1, 0.15) is 43.7 Å². The molecule has 0 saturated carbocycles. The Morgan fingerprint density at radius 2 is 1.87 bits per heavy atom. The number of ketones is 1. The molecule has 0 amide bonds. The summed E-state index contributed by atoms with van der Waals surface area (Å²) in [5, 5.41) is 4.11. The quantitative estimate of drug-likeness (QED) is 0.168. The molecule has 0 N–H and O–H groups in total. The van der Waals surface area contributed by atoms with Crippen LogP contribution in [0.4, 0.5) is 13.2 Å². The predicted octanol–water partition coefficient (Wildman–Crippen LogP) is 5.22. The number of carbonyl (C=O) groups is 1. The fraction of sp³-hybridized carbons (Fsp3) is 0.483. The number of hydrogen-bond donors (Lipinski definition) is 0. The van der Waals surface area contributed by atoms with Crippen LogP contribution in [-0.4, -0.2) is 83.2 Å². The van der Waals surface area contributed by atoms with Gasteiger partial charge in [0.15, 0.2) is 0 Å².